The topological polar surface area (TPSA) is 58.2 Å². The molecule has 0 heterocycles. The van der Waals surface area contributed by atoms with Gasteiger partial charge in [-0.05, 0) is 43.7 Å². The number of hydrogen-bond acceptors (Lipinski definition) is 2. The van der Waals surface area contributed by atoms with E-state index in [0.717, 1.165) is 12.1 Å². The van der Waals surface area contributed by atoms with Gasteiger partial charge in [-0.25, -0.2) is 0 Å². The molecule has 1 aromatic rings. The van der Waals surface area contributed by atoms with Gasteiger partial charge in [0.25, 0.3) is 5.91 Å². The van der Waals surface area contributed by atoms with Crippen molar-refractivity contribution < 1.29 is 9.59 Å². The average Bonchev–Trinajstić information content (AvgIpc) is 3.25. The number of benzene rings is 1. The van der Waals surface area contributed by atoms with E-state index >= 15 is 0 Å². The Morgan fingerprint density at radius 3 is 2.57 bits per heavy atom. The molecule has 0 aromatic heterocycles. The van der Waals surface area contributed by atoms with E-state index in [0.29, 0.717) is 11.5 Å². The number of carbonyl (C=O) groups is 2. The molecule has 0 spiro atoms. The van der Waals surface area contributed by atoms with Crippen molar-refractivity contribution in [1.29, 1.82) is 0 Å². The average molecular weight is 288 g/mol. The Bertz CT molecular complexity index is 521. The Balaban J connectivity index is 1.97. The highest BCUT2D eigenvalue weighted by atomic mass is 16.2. The van der Waals surface area contributed by atoms with Gasteiger partial charge in [-0.15, -0.1) is 0 Å². The molecule has 1 aromatic carbocycles. The number of nitrogens with one attached hydrogen (secondary N) is 2. The summed E-state index contributed by atoms with van der Waals surface area (Å²) < 4.78 is 0. The number of carbonyl (C=O) groups excluding carboxylic acids is 2. The molecule has 1 atom stereocenters. The largest absolute Gasteiger partial charge is 0.354 e. The molecule has 0 aliphatic heterocycles. The highest BCUT2D eigenvalue weighted by Crippen LogP contribution is 2.27. The molecule has 114 valence electrons. The first-order valence-corrected chi connectivity index (χ1v) is 7.62. The Morgan fingerprint density at radius 1 is 1.29 bits per heavy atom. The van der Waals surface area contributed by atoms with Crippen LogP contribution in [0.1, 0.15) is 42.6 Å². The summed E-state index contributed by atoms with van der Waals surface area (Å²) in [5.41, 5.74) is 1.62. The second-order valence-corrected chi connectivity index (χ2v) is 6.25. The highest BCUT2D eigenvalue weighted by Gasteiger charge is 2.27. The van der Waals surface area contributed by atoms with Crippen LogP contribution in [0.3, 0.4) is 0 Å². The molecule has 4 nitrogen and oxygen atoms in total. The van der Waals surface area contributed by atoms with Crippen LogP contribution in [-0.4, -0.2) is 24.4 Å². The first kappa shape index (κ1) is 15.5. The summed E-state index contributed by atoms with van der Waals surface area (Å²) in [6.07, 6.45) is 2.39. The van der Waals surface area contributed by atoms with Crippen LogP contribution in [0, 0.1) is 18.8 Å². The third-order valence-corrected chi connectivity index (χ3v) is 3.78. The first-order valence-electron chi connectivity index (χ1n) is 7.62. The van der Waals surface area contributed by atoms with Crippen molar-refractivity contribution in [3.05, 3.63) is 35.4 Å². The fourth-order valence-electron chi connectivity index (χ4n) is 2.22. The van der Waals surface area contributed by atoms with Gasteiger partial charge in [0.2, 0.25) is 5.91 Å². The number of hydrogen-bond donors (Lipinski definition) is 2. The van der Waals surface area contributed by atoms with E-state index in [9.17, 15) is 9.59 Å². The second-order valence-electron chi connectivity index (χ2n) is 6.25. The Morgan fingerprint density at radius 2 is 2.00 bits per heavy atom. The van der Waals surface area contributed by atoms with Crippen molar-refractivity contribution in [2.24, 2.45) is 11.8 Å². The number of rotatable bonds is 6. The Kier molecular flexibility index (Phi) is 4.99. The van der Waals surface area contributed by atoms with Gasteiger partial charge in [0.05, 0.1) is 0 Å². The second kappa shape index (κ2) is 6.74. The van der Waals surface area contributed by atoms with E-state index in [1.165, 1.54) is 12.8 Å². The number of amides is 2. The lowest BCUT2D eigenvalue weighted by Gasteiger charge is -2.21. The minimum absolute atomic E-state index is 0.0537. The van der Waals surface area contributed by atoms with Crippen LogP contribution in [0.2, 0.25) is 0 Å². The maximum absolute atomic E-state index is 12.3. The zero-order chi connectivity index (χ0) is 15.4. The Labute approximate surface area is 126 Å². The predicted octanol–water partition coefficient (Wildman–Crippen LogP) is 2.28. The van der Waals surface area contributed by atoms with Crippen molar-refractivity contribution in [1.82, 2.24) is 10.6 Å². The van der Waals surface area contributed by atoms with Crippen molar-refractivity contribution in [2.75, 3.05) is 6.54 Å². The van der Waals surface area contributed by atoms with E-state index in [2.05, 4.69) is 10.6 Å². The molecule has 4 heteroatoms. The molecule has 1 aliphatic rings. The molecule has 1 unspecified atom stereocenters. The van der Waals surface area contributed by atoms with E-state index < -0.39 is 6.04 Å². The first-order chi connectivity index (χ1) is 9.97. The molecular formula is C17H24N2O2. The number of aryl methyl sites for hydroxylation is 1. The molecule has 1 aliphatic carbocycles. The third kappa shape index (κ3) is 4.59. The van der Waals surface area contributed by atoms with Gasteiger partial charge in [0.15, 0.2) is 0 Å². The van der Waals surface area contributed by atoms with Crippen LogP contribution in [-0.2, 0) is 4.79 Å². The summed E-state index contributed by atoms with van der Waals surface area (Å²) in [6.45, 7) is 6.55. The lowest BCUT2D eigenvalue weighted by Crippen LogP contribution is -2.50. The SMILES string of the molecule is Cc1cccc(C(=O)NC(C(=O)NCC2CC2)C(C)C)c1. The van der Waals surface area contributed by atoms with Crippen LogP contribution in [0.4, 0.5) is 0 Å². The summed E-state index contributed by atoms with van der Waals surface area (Å²) in [5, 5.41) is 5.79. The van der Waals surface area contributed by atoms with Gasteiger partial charge < -0.3 is 10.6 Å². The van der Waals surface area contributed by atoms with E-state index in [-0.39, 0.29) is 17.7 Å². The minimum Gasteiger partial charge on any atom is -0.354 e. The Hall–Kier alpha value is -1.84. The van der Waals surface area contributed by atoms with Gasteiger partial charge in [0.1, 0.15) is 6.04 Å². The fourth-order valence-corrected chi connectivity index (χ4v) is 2.22. The molecule has 21 heavy (non-hydrogen) atoms. The summed E-state index contributed by atoms with van der Waals surface area (Å²) in [5.74, 6) is 0.407. The lowest BCUT2D eigenvalue weighted by molar-refractivity contribution is -0.124. The summed E-state index contributed by atoms with van der Waals surface area (Å²) in [4.78, 5) is 24.5. The van der Waals surface area contributed by atoms with E-state index in [1.54, 1.807) is 6.07 Å². The predicted molar refractivity (Wildman–Crippen MR) is 83.0 cm³/mol. The van der Waals surface area contributed by atoms with E-state index in [4.69, 9.17) is 0 Å². The van der Waals surface area contributed by atoms with Crippen molar-refractivity contribution in [3.8, 4) is 0 Å². The van der Waals surface area contributed by atoms with Crippen LogP contribution in [0.5, 0.6) is 0 Å². The molecule has 1 fully saturated rings. The normalized spacial score (nSPS) is 15.6. The smallest absolute Gasteiger partial charge is 0.251 e. The van der Waals surface area contributed by atoms with Crippen LogP contribution < -0.4 is 10.6 Å². The fraction of sp³-hybridized carbons (Fsp3) is 0.529. The molecule has 2 amide bonds. The van der Waals surface area contributed by atoms with Crippen LogP contribution >= 0.6 is 0 Å². The third-order valence-electron chi connectivity index (χ3n) is 3.78. The molecule has 0 bridgehead atoms. The standard InChI is InChI=1S/C17H24N2O2/c1-11(2)15(17(21)18-10-13-7-8-13)19-16(20)14-6-4-5-12(3)9-14/h4-6,9,11,13,15H,7-8,10H2,1-3H3,(H,18,21)(H,19,20). The molecule has 0 radical (unpaired) electrons. The summed E-state index contributed by atoms with van der Waals surface area (Å²) in [7, 11) is 0. The van der Waals surface area contributed by atoms with Crippen LogP contribution in [0.25, 0.3) is 0 Å². The quantitative estimate of drug-likeness (QED) is 0.843. The van der Waals surface area contributed by atoms with Crippen molar-refractivity contribution in [3.63, 3.8) is 0 Å². The summed E-state index contributed by atoms with van der Waals surface area (Å²) in [6, 6.07) is 6.90. The van der Waals surface area contributed by atoms with Gasteiger partial charge >= 0.3 is 0 Å². The van der Waals surface area contributed by atoms with Gasteiger partial charge in [-0.1, -0.05) is 31.5 Å². The highest BCUT2D eigenvalue weighted by molar-refractivity contribution is 5.97. The molecule has 1 saturated carbocycles. The zero-order valence-electron chi connectivity index (χ0n) is 13.0. The summed E-state index contributed by atoms with van der Waals surface area (Å²) >= 11 is 0. The monoisotopic (exact) mass is 288 g/mol. The zero-order valence-corrected chi connectivity index (χ0v) is 13.0. The minimum atomic E-state index is -0.489. The van der Waals surface area contributed by atoms with Gasteiger partial charge in [-0.2, -0.15) is 0 Å². The van der Waals surface area contributed by atoms with Crippen molar-refractivity contribution >= 4 is 11.8 Å². The lowest BCUT2D eigenvalue weighted by atomic mass is 10.0. The van der Waals surface area contributed by atoms with Gasteiger partial charge in [-0.3, -0.25) is 9.59 Å². The maximum Gasteiger partial charge on any atom is 0.251 e. The molecule has 0 saturated heterocycles. The van der Waals surface area contributed by atoms with Crippen LogP contribution in [0.15, 0.2) is 24.3 Å². The molecular weight excluding hydrogens is 264 g/mol. The van der Waals surface area contributed by atoms with Gasteiger partial charge in [0, 0.05) is 12.1 Å². The maximum atomic E-state index is 12.3. The van der Waals surface area contributed by atoms with Crippen molar-refractivity contribution in [2.45, 2.75) is 39.7 Å². The molecule has 2 rings (SSSR count). The molecule has 2 N–H and O–H groups in total. The van der Waals surface area contributed by atoms with E-state index in [1.807, 2.05) is 39.0 Å².